The highest BCUT2D eigenvalue weighted by molar-refractivity contribution is 6.30. The number of halogens is 1. The van der Waals surface area contributed by atoms with Crippen LogP contribution in [0.4, 0.5) is 5.69 Å². The molecule has 1 rings (SSSR count). The van der Waals surface area contributed by atoms with Crippen molar-refractivity contribution in [2.24, 2.45) is 0 Å². The second-order valence-electron chi connectivity index (χ2n) is 4.21. The Hall–Kier alpha value is -1.59. The zero-order chi connectivity index (χ0) is 15.0. The number of anilines is 1. The van der Waals surface area contributed by atoms with E-state index in [1.54, 1.807) is 24.3 Å². The molecule has 0 radical (unpaired) electrons. The van der Waals surface area contributed by atoms with Gasteiger partial charge in [0.25, 0.3) is 0 Å². The van der Waals surface area contributed by atoms with Crippen molar-refractivity contribution in [3.8, 4) is 0 Å². The van der Waals surface area contributed by atoms with Gasteiger partial charge < -0.3 is 14.7 Å². The number of hydrogen-bond donors (Lipinski definition) is 1. The van der Waals surface area contributed by atoms with Gasteiger partial charge in [-0.3, -0.25) is 9.59 Å². The Kier molecular flexibility index (Phi) is 7.04. The number of carbonyl (C=O) groups excluding carboxylic acids is 1. The zero-order valence-electron chi connectivity index (χ0n) is 11.3. The number of nitrogens with zero attached hydrogens (tertiary/aromatic N) is 1. The molecule has 6 heteroatoms. The molecule has 0 spiro atoms. The van der Waals surface area contributed by atoms with Crippen LogP contribution in [0.2, 0.25) is 5.02 Å². The van der Waals surface area contributed by atoms with Crippen molar-refractivity contribution in [1.82, 2.24) is 0 Å². The summed E-state index contributed by atoms with van der Waals surface area (Å²) in [7, 11) is 0. The summed E-state index contributed by atoms with van der Waals surface area (Å²) < 4.78 is 5.25. The Morgan fingerprint density at radius 1 is 1.25 bits per heavy atom. The fourth-order valence-electron chi connectivity index (χ4n) is 1.62. The fraction of sp³-hybridized carbons (Fsp3) is 0.429. The highest BCUT2D eigenvalue weighted by Gasteiger charge is 2.18. The van der Waals surface area contributed by atoms with Gasteiger partial charge in [0.1, 0.15) is 6.54 Å². The first kappa shape index (κ1) is 16.5. The van der Waals surface area contributed by atoms with Gasteiger partial charge in [-0.2, -0.15) is 0 Å². The Bertz CT molecular complexity index is 447. The Balaban J connectivity index is 2.70. The quantitative estimate of drug-likeness (QED) is 0.749. The minimum absolute atomic E-state index is 0.149. The first-order valence-corrected chi connectivity index (χ1v) is 6.78. The van der Waals surface area contributed by atoms with Gasteiger partial charge in [-0.1, -0.05) is 18.5 Å². The molecule has 0 saturated heterocycles. The van der Waals surface area contributed by atoms with Gasteiger partial charge in [0, 0.05) is 17.3 Å². The van der Waals surface area contributed by atoms with E-state index < -0.39 is 5.97 Å². The maximum atomic E-state index is 12.1. The Labute approximate surface area is 123 Å². The average Bonchev–Trinajstić information content (AvgIpc) is 2.42. The number of amides is 1. The molecule has 5 nitrogen and oxygen atoms in total. The lowest BCUT2D eigenvalue weighted by molar-refractivity contribution is -0.136. The van der Waals surface area contributed by atoms with E-state index in [4.69, 9.17) is 21.4 Å². The molecule has 0 aliphatic heterocycles. The summed E-state index contributed by atoms with van der Waals surface area (Å²) in [6, 6.07) is 6.48. The molecule has 0 aliphatic carbocycles. The predicted molar refractivity (Wildman–Crippen MR) is 77.2 cm³/mol. The summed E-state index contributed by atoms with van der Waals surface area (Å²) in [5.74, 6) is -1.35. The van der Waals surface area contributed by atoms with E-state index in [9.17, 15) is 9.59 Å². The number of carbonyl (C=O) groups is 2. The molecular formula is C14H18ClNO4. The van der Waals surface area contributed by atoms with Crippen LogP contribution < -0.4 is 4.90 Å². The molecule has 1 aromatic rings. The van der Waals surface area contributed by atoms with Crippen LogP contribution in [-0.4, -0.2) is 36.7 Å². The van der Waals surface area contributed by atoms with Crippen LogP contribution in [0, 0.1) is 0 Å². The normalized spacial score (nSPS) is 10.3. The maximum Gasteiger partial charge on any atom is 0.323 e. The topological polar surface area (TPSA) is 66.8 Å². The minimum Gasteiger partial charge on any atom is -0.480 e. The minimum atomic E-state index is -1.07. The number of ether oxygens (including phenoxy) is 1. The number of rotatable bonds is 8. The third-order valence-electron chi connectivity index (χ3n) is 2.54. The summed E-state index contributed by atoms with van der Waals surface area (Å²) in [6.45, 7) is 2.48. The van der Waals surface area contributed by atoms with Gasteiger partial charge in [-0.05, 0) is 30.7 Å². The predicted octanol–water partition coefficient (Wildman–Crippen LogP) is 2.57. The Morgan fingerprint density at radius 3 is 2.45 bits per heavy atom. The van der Waals surface area contributed by atoms with Gasteiger partial charge in [-0.15, -0.1) is 0 Å². The highest BCUT2D eigenvalue weighted by atomic mass is 35.5. The molecule has 1 amide bonds. The summed E-state index contributed by atoms with van der Waals surface area (Å²) >= 11 is 5.78. The van der Waals surface area contributed by atoms with E-state index in [1.165, 1.54) is 4.90 Å². The molecule has 1 aromatic carbocycles. The standard InChI is InChI=1S/C14H18ClNO4/c1-2-8-20-9-7-13(17)16(10-14(18)19)12-5-3-11(15)4-6-12/h3-6H,2,7-10H2,1H3,(H,18,19). The zero-order valence-corrected chi connectivity index (χ0v) is 12.1. The lowest BCUT2D eigenvalue weighted by Gasteiger charge is -2.21. The maximum absolute atomic E-state index is 12.1. The number of carboxylic acids is 1. The SMILES string of the molecule is CCCOCCC(=O)N(CC(=O)O)c1ccc(Cl)cc1. The second kappa shape index (κ2) is 8.55. The number of benzene rings is 1. The van der Waals surface area contributed by atoms with E-state index in [-0.39, 0.29) is 25.5 Å². The number of aliphatic carboxylic acids is 1. The van der Waals surface area contributed by atoms with Crippen molar-refractivity contribution in [2.45, 2.75) is 19.8 Å². The third kappa shape index (κ3) is 5.59. The smallest absolute Gasteiger partial charge is 0.323 e. The van der Waals surface area contributed by atoms with Crippen molar-refractivity contribution in [2.75, 3.05) is 24.7 Å². The molecule has 0 aliphatic rings. The van der Waals surface area contributed by atoms with E-state index in [0.29, 0.717) is 17.3 Å². The molecule has 0 atom stereocenters. The molecule has 0 unspecified atom stereocenters. The second-order valence-corrected chi connectivity index (χ2v) is 4.65. The summed E-state index contributed by atoms with van der Waals surface area (Å²) in [4.78, 5) is 24.2. The number of carboxylic acid groups (broad SMARTS) is 1. The van der Waals surface area contributed by atoms with Gasteiger partial charge >= 0.3 is 5.97 Å². The third-order valence-corrected chi connectivity index (χ3v) is 2.79. The fourth-order valence-corrected chi connectivity index (χ4v) is 1.75. The molecule has 110 valence electrons. The largest absolute Gasteiger partial charge is 0.480 e. The molecule has 0 heterocycles. The van der Waals surface area contributed by atoms with Gasteiger partial charge in [0.2, 0.25) is 5.91 Å². The van der Waals surface area contributed by atoms with E-state index >= 15 is 0 Å². The lowest BCUT2D eigenvalue weighted by Crippen LogP contribution is -2.36. The molecular weight excluding hydrogens is 282 g/mol. The van der Waals surface area contributed by atoms with E-state index in [0.717, 1.165) is 6.42 Å². The summed E-state index contributed by atoms with van der Waals surface area (Å²) in [5, 5.41) is 9.44. The van der Waals surface area contributed by atoms with Gasteiger partial charge in [0.15, 0.2) is 0 Å². The van der Waals surface area contributed by atoms with Crippen molar-refractivity contribution >= 4 is 29.2 Å². The Morgan fingerprint density at radius 2 is 1.90 bits per heavy atom. The van der Waals surface area contributed by atoms with E-state index in [1.807, 2.05) is 6.92 Å². The first-order chi connectivity index (χ1) is 9.54. The van der Waals surface area contributed by atoms with Crippen LogP contribution in [0.25, 0.3) is 0 Å². The highest BCUT2D eigenvalue weighted by Crippen LogP contribution is 2.18. The number of hydrogen-bond acceptors (Lipinski definition) is 3. The van der Waals surface area contributed by atoms with Crippen LogP contribution in [0.5, 0.6) is 0 Å². The average molecular weight is 300 g/mol. The molecule has 0 fully saturated rings. The molecule has 0 aromatic heterocycles. The van der Waals surface area contributed by atoms with Crippen molar-refractivity contribution in [3.63, 3.8) is 0 Å². The molecule has 20 heavy (non-hydrogen) atoms. The first-order valence-electron chi connectivity index (χ1n) is 6.40. The van der Waals surface area contributed by atoms with Crippen molar-refractivity contribution in [1.29, 1.82) is 0 Å². The van der Waals surface area contributed by atoms with Crippen LogP contribution in [-0.2, 0) is 14.3 Å². The summed E-state index contributed by atoms with van der Waals surface area (Å²) in [5.41, 5.74) is 0.511. The van der Waals surface area contributed by atoms with Crippen LogP contribution in [0.1, 0.15) is 19.8 Å². The molecule has 0 saturated carbocycles. The van der Waals surface area contributed by atoms with Gasteiger partial charge in [-0.25, -0.2) is 0 Å². The van der Waals surface area contributed by atoms with Crippen LogP contribution in [0.3, 0.4) is 0 Å². The van der Waals surface area contributed by atoms with Gasteiger partial charge in [0.05, 0.1) is 13.0 Å². The summed E-state index contributed by atoms with van der Waals surface area (Å²) in [6.07, 6.45) is 1.03. The van der Waals surface area contributed by atoms with E-state index in [2.05, 4.69) is 0 Å². The lowest BCUT2D eigenvalue weighted by atomic mass is 10.2. The van der Waals surface area contributed by atoms with Crippen LogP contribution >= 0.6 is 11.6 Å². The van der Waals surface area contributed by atoms with Crippen molar-refractivity contribution < 1.29 is 19.4 Å². The monoisotopic (exact) mass is 299 g/mol. The van der Waals surface area contributed by atoms with Crippen molar-refractivity contribution in [3.05, 3.63) is 29.3 Å². The molecule has 1 N–H and O–H groups in total. The van der Waals surface area contributed by atoms with Crippen LogP contribution in [0.15, 0.2) is 24.3 Å². The molecule has 0 bridgehead atoms.